The number of hydrogen-bond donors (Lipinski definition) is 0. The van der Waals surface area contributed by atoms with Gasteiger partial charge in [0.1, 0.15) is 0 Å². The predicted octanol–water partition coefficient (Wildman–Crippen LogP) is 3.38. The van der Waals surface area contributed by atoms with Crippen LogP contribution in [0.25, 0.3) is 0 Å². The molecule has 1 aliphatic rings. The van der Waals surface area contributed by atoms with Crippen molar-refractivity contribution in [2.75, 3.05) is 13.2 Å². The van der Waals surface area contributed by atoms with E-state index in [1.807, 2.05) is 0 Å². The van der Waals surface area contributed by atoms with E-state index >= 15 is 0 Å². The van der Waals surface area contributed by atoms with Crippen LogP contribution >= 0.6 is 13.6 Å². The first-order chi connectivity index (χ1) is 6.93. The summed E-state index contributed by atoms with van der Waals surface area (Å²) in [6.45, 7) is 5.49. The van der Waals surface area contributed by atoms with Crippen molar-refractivity contribution in [2.45, 2.75) is 44.8 Å². The molecule has 0 saturated carbocycles. The zero-order valence-electron chi connectivity index (χ0n) is 8.84. The zero-order valence-corrected chi connectivity index (χ0v) is 13.4. The van der Waals surface area contributed by atoms with Gasteiger partial charge in [-0.1, -0.05) is 6.42 Å². The monoisotopic (exact) mass is 314 g/mol. The molecule has 1 rings (SSSR count). The molecule has 0 aromatic carbocycles. The van der Waals surface area contributed by atoms with Gasteiger partial charge >= 0.3 is 30.0 Å². The second-order valence-electron chi connectivity index (χ2n) is 3.23. The topological polar surface area (TPSA) is 18.5 Å². The van der Waals surface area contributed by atoms with Crippen LogP contribution in [0.2, 0.25) is 0 Å². The summed E-state index contributed by atoms with van der Waals surface area (Å²) in [5.41, 5.74) is 0. The first-order valence-electron chi connectivity index (χ1n) is 5.22. The van der Waals surface area contributed by atoms with Gasteiger partial charge in [-0.3, -0.25) is 0 Å². The number of hydrogen-bond acceptors (Lipinski definition) is 2. The van der Waals surface area contributed by atoms with E-state index in [1.54, 1.807) is 0 Å². The number of rotatable bonds is 5. The number of unbranched alkanes of at least 4 members (excludes halogenated alkanes) is 2. The van der Waals surface area contributed by atoms with Gasteiger partial charge in [-0.2, -0.15) is 6.42 Å². The average molecular weight is 317 g/mol. The quantitative estimate of drug-likeness (QED) is 0.440. The first kappa shape index (κ1) is 15.0. The van der Waals surface area contributed by atoms with Gasteiger partial charge in [0.15, 0.2) is 6.29 Å². The molecule has 0 bridgehead atoms. The Morgan fingerprint density at radius 3 is 2.71 bits per heavy atom. The van der Waals surface area contributed by atoms with E-state index in [2.05, 4.69) is 20.5 Å². The van der Waals surface area contributed by atoms with Crippen LogP contribution < -0.4 is 0 Å². The van der Waals surface area contributed by atoms with Crippen molar-refractivity contribution in [2.24, 2.45) is 0 Å². The van der Waals surface area contributed by atoms with Gasteiger partial charge in [0, 0.05) is 13.2 Å². The molecule has 1 unspecified atom stereocenters. The van der Waals surface area contributed by atoms with Crippen LogP contribution in [0.1, 0.15) is 38.5 Å². The molecular weight excluding hydrogens is 297 g/mol. The molecule has 80 valence electrons. The van der Waals surface area contributed by atoms with Crippen LogP contribution in [-0.4, -0.2) is 19.5 Å². The van der Waals surface area contributed by atoms with Gasteiger partial charge < -0.3 is 16.4 Å². The Labute approximate surface area is 104 Å². The van der Waals surface area contributed by atoms with Gasteiger partial charge in [0.25, 0.3) is 0 Å². The van der Waals surface area contributed by atoms with Crippen LogP contribution in [0.4, 0.5) is 0 Å². The van der Waals surface area contributed by atoms with E-state index in [1.165, 1.54) is 29.2 Å². The standard InChI is InChI=1S/C10H19O2.BrH.Zn/c1-2-3-5-8-11-10-7-4-6-9-12-10;;/h10H,1-9H2;1H;/q-1;;+2/p-1. The van der Waals surface area contributed by atoms with E-state index < -0.39 is 0 Å². The molecule has 1 atom stereocenters. The normalized spacial score (nSPS) is 21.3. The van der Waals surface area contributed by atoms with E-state index in [4.69, 9.17) is 9.47 Å². The molecule has 0 radical (unpaired) electrons. The third-order valence-corrected chi connectivity index (χ3v) is 2.09. The van der Waals surface area contributed by atoms with Crippen LogP contribution in [0.15, 0.2) is 0 Å². The Balaban J connectivity index is 0.000000791. The molecule has 0 spiro atoms. The van der Waals surface area contributed by atoms with Gasteiger partial charge in [-0.25, -0.2) is 0 Å². The summed E-state index contributed by atoms with van der Waals surface area (Å²) in [5, 5.41) is 0. The summed E-state index contributed by atoms with van der Waals surface area (Å²) in [5.74, 6) is 0. The Morgan fingerprint density at radius 1 is 1.36 bits per heavy atom. The molecule has 1 saturated heterocycles. The molecule has 1 aliphatic heterocycles. The fourth-order valence-corrected chi connectivity index (χ4v) is 1.34. The summed E-state index contributed by atoms with van der Waals surface area (Å²) in [4.78, 5) is 0. The summed E-state index contributed by atoms with van der Waals surface area (Å²) in [7, 11) is 0. The summed E-state index contributed by atoms with van der Waals surface area (Å²) in [6, 6.07) is 0. The molecule has 1 heterocycles. The van der Waals surface area contributed by atoms with E-state index in [-0.39, 0.29) is 6.29 Å². The van der Waals surface area contributed by atoms with Crippen molar-refractivity contribution in [3.8, 4) is 0 Å². The van der Waals surface area contributed by atoms with Crippen molar-refractivity contribution in [3.05, 3.63) is 6.92 Å². The molecule has 0 aromatic rings. The number of halogens is 1. The van der Waals surface area contributed by atoms with Crippen LogP contribution in [0, 0.1) is 6.92 Å². The molecule has 0 N–H and O–H groups in total. The molecule has 2 nitrogen and oxygen atoms in total. The molecule has 0 aliphatic carbocycles. The fourth-order valence-electron chi connectivity index (χ4n) is 1.34. The molecule has 4 heteroatoms. The summed E-state index contributed by atoms with van der Waals surface area (Å²) < 4.78 is 11.0. The van der Waals surface area contributed by atoms with E-state index in [0.717, 1.165) is 38.9 Å². The van der Waals surface area contributed by atoms with E-state index in [9.17, 15) is 0 Å². The third-order valence-electron chi connectivity index (χ3n) is 2.09. The predicted molar refractivity (Wildman–Crippen MR) is 57.7 cm³/mol. The van der Waals surface area contributed by atoms with Crippen molar-refractivity contribution in [3.63, 3.8) is 0 Å². The Bertz CT molecular complexity index is 108. The summed E-state index contributed by atoms with van der Waals surface area (Å²) >= 11 is 4.25. The van der Waals surface area contributed by atoms with Gasteiger partial charge in [0.05, 0.1) is 0 Å². The second kappa shape index (κ2) is 12.1. The minimum absolute atomic E-state index is 0.0866. The first-order valence-corrected chi connectivity index (χ1v) is 12.2. The van der Waals surface area contributed by atoms with Crippen molar-refractivity contribution in [1.29, 1.82) is 0 Å². The molecular formula is C10H19BrO2Zn. The Hall–Kier alpha value is 1.02. The fraction of sp³-hybridized carbons (Fsp3) is 0.900. The van der Waals surface area contributed by atoms with Crippen molar-refractivity contribution < 1.29 is 25.8 Å². The SMILES string of the molecule is [CH2-]CCCCOC1CCCCO1.[Zn+][Br]. The summed E-state index contributed by atoms with van der Waals surface area (Å²) in [6.07, 6.45) is 6.89. The molecule has 14 heavy (non-hydrogen) atoms. The van der Waals surface area contributed by atoms with Crippen LogP contribution in [0.3, 0.4) is 0 Å². The van der Waals surface area contributed by atoms with Crippen molar-refractivity contribution >= 4 is 13.6 Å². The minimum atomic E-state index is 0.0866. The van der Waals surface area contributed by atoms with Crippen LogP contribution in [-0.2, 0) is 25.8 Å². The third kappa shape index (κ3) is 8.34. The maximum absolute atomic E-state index is 5.54. The van der Waals surface area contributed by atoms with Crippen molar-refractivity contribution in [1.82, 2.24) is 0 Å². The Morgan fingerprint density at radius 2 is 2.14 bits per heavy atom. The Kier molecular flexibility index (Phi) is 13.0. The van der Waals surface area contributed by atoms with E-state index in [0.29, 0.717) is 0 Å². The van der Waals surface area contributed by atoms with Gasteiger partial charge in [-0.05, 0) is 25.7 Å². The van der Waals surface area contributed by atoms with Crippen LogP contribution in [0.5, 0.6) is 0 Å². The second-order valence-corrected chi connectivity index (χ2v) is 3.23. The molecule has 1 fully saturated rings. The van der Waals surface area contributed by atoms with Gasteiger partial charge in [-0.15, -0.1) is 0 Å². The zero-order chi connectivity index (χ0) is 10.6. The maximum atomic E-state index is 5.54. The molecule has 0 aromatic heterocycles. The number of ether oxygens (including phenoxy) is 2. The average Bonchev–Trinajstić information content (AvgIpc) is 2.29. The van der Waals surface area contributed by atoms with Gasteiger partial charge in [0.2, 0.25) is 0 Å². The molecule has 0 amide bonds.